The highest BCUT2D eigenvalue weighted by Crippen LogP contribution is 2.38. The molecule has 0 unspecified atom stereocenters. The van der Waals surface area contributed by atoms with Gasteiger partial charge in [0.25, 0.3) is 0 Å². The molecule has 102 valence electrons. The van der Waals surface area contributed by atoms with Gasteiger partial charge in [-0.3, -0.25) is 4.99 Å². The minimum absolute atomic E-state index is 0.0554. The highest BCUT2D eigenvalue weighted by molar-refractivity contribution is 5.84. The highest BCUT2D eigenvalue weighted by atomic mass is 19.1. The number of phenols is 2. The molecule has 0 aromatic heterocycles. The van der Waals surface area contributed by atoms with Crippen molar-refractivity contribution in [1.29, 1.82) is 10.5 Å². The van der Waals surface area contributed by atoms with Gasteiger partial charge >= 0.3 is 0 Å². The van der Waals surface area contributed by atoms with Crippen LogP contribution in [0, 0.1) is 28.5 Å². The number of nitrogens with zero attached hydrogens (tertiary/aromatic N) is 3. The highest BCUT2D eigenvalue weighted by Gasteiger charge is 2.16. The third-order valence-electron chi connectivity index (χ3n) is 2.70. The molecular weight excluding hydrogens is 273 g/mol. The molecule has 2 aromatic rings. The largest absolute Gasteiger partial charge is 0.504 e. The average Bonchev–Trinajstić information content (AvgIpc) is 2.49. The van der Waals surface area contributed by atoms with Gasteiger partial charge in [-0.2, -0.15) is 10.5 Å². The fraction of sp³-hybridized carbons (Fsp3) is 0. The first-order valence-electron chi connectivity index (χ1n) is 5.75. The molecule has 21 heavy (non-hydrogen) atoms. The Morgan fingerprint density at radius 3 is 2.33 bits per heavy atom. The van der Waals surface area contributed by atoms with Crippen molar-refractivity contribution in [1.82, 2.24) is 0 Å². The molecule has 0 spiro atoms. The summed E-state index contributed by atoms with van der Waals surface area (Å²) in [6.45, 7) is 0. The molecule has 0 aliphatic rings. The summed E-state index contributed by atoms with van der Waals surface area (Å²) >= 11 is 0. The average molecular weight is 281 g/mol. The van der Waals surface area contributed by atoms with E-state index in [0.717, 1.165) is 6.07 Å². The molecule has 2 rings (SSSR count). The second-order valence-corrected chi connectivity index (χ2v) is 4.05. The summed E-state index contributed by atoms with van der Waals surface area (Å²) in [6.07, 6.45) is 1.33. The van der Waals surface area contributed by atoms with E-state index in [1.807, 2.05) is 0 Å². The predicted molar refractivity (Wildman–Crippen MR) is 72.9 cm³/mol. The topological polar surface area (TPSA) is 100 Å². The zero-order valence-electron chi connectivity index (χ0n) is 10.6. The molecule has 0 saturated carbocycles. The van der Waals surface area contributed by atoms with Gasteiger partial charge in [0.2, 0.25) is 0 Å². The lowest BCUT2D eigenvalue weighted by molar-refractivity contribution is 0.402. The Kier molecular flexibility index (Phi) is 3.83. The molecule has 2 N–H and O–H groups in total. The molecule has 0 fully saturated rings. The first kappa shape index (κ1) is 14.0. The molecule has 0 atom stereocenters. The zero-order valence-corrected chi connectivity index (χ0v) is 10.6. The van der Waals surface area contributed by atoms with Crippen LogP contribution in [0.1, 0.15) is 16.7 Å². The van der Waals surface area contributed by atoms with E-state index in [4.69, 9.17) is 10.5 Å². The summed E-state index contributed by atoms with van der Waals surface area (Å²) in [5, 5.41) is 37.1. The number of hydrogen-bond acceptors (Lipinski definition) is 5. The third kappa shape index (κ3) is 2.80. The van der Waals surface area contributed by atoms with E-state index in [9.17, 15) is 14.6 Å². The van der Waals surface area contributed by atoms with E-state index >= 15 is 0 Å². The smallest absolute Gasteiger partial charge is 0.177 e. The first-order chi connectivity index (χ1) is 10.1. The lowest BCUT2D eigenvalue weighted by Crippen LogP contribution is -1.87. The third-order valence-corrected chi connectivity index (χ3v) is 2.70. The normalized spacial score (nSPS) is 10.2. The van der Waals surface area contributed by atoms with Gasteiger partial charge in [-0.1, -0.05) is 12.1 Å². The second kappa shape index (κ2) is 5.72. The van der Waals surface area contributed by atoms with Crippen LogP contribution < -0.4 is 0 Å². The molecule has 0 heterocycles. The van der Waals surface area contributed by atoms with E-state index in [-0.39, 0.29) is 16.8 Å². The van der Waals surface area contributed by atoms with Crippen LogP contribution >= 0.6 is 0 Å². The minimum atomic E-state index is -0.636. The molecule has 5 nitrogen and oxygen atoms in total. The van der Waals surface area contributed by atoms with Crippen LogP contribution in [0.5, 0.6) is 11.5 Å². The molecule has 0 amide bonds. The van der Waals surface area contributed by atoms with Crippen molar-refractivity contribution in [3.8, 4) is 23.6 Å². The van der Waals surface area contributed by atoms with E-state index in [1.54, 1.807) is 12.1 Å². The molecule has 6 heteroatoms. The number of phenolic OH excluding ortho intramolecular Hbond substituents is 2. The van der Waals surface area contributed by atoms with Crippen LogP contribution in [0.4, 0.5) is 10.1 Å². The van der Waals surface area contributed by atoms with Crippen molar-refractivity contribution >= 4 is 11.9 Å². The van der Waals surface area contributed by atoms with Crippen molar-refractivity contribution < 1.29 is 14.6 Å². The van der Waals surface area contributed by atoms with Crippen LogP contribution in [-0.2, 0) is 0 Å². The standard InChI is InChI=1S/C15H8FN3O2/c16-11-3-1-9(2-4-11)8-19-14-10(6-17)5-13(20)15(21)12(14)7-18/h1-5,8,20-21H/b19-8+. The summed E-state index contributed by atoms with van der Waals surface area (Å²) in [7, 11) is 0. The SMILES string of the molecule is N#Cc1cc(O)c(O)c(C#N)c1/N=C/c1ccc(F)cc1. The molecule has 0 aliphatic carbocycles. The summed E-state index contributed by atoms with van der Waals surface area (Å²) in [6, 6.07) is 9.92. The van der Waals surface area contributed by atoms with E-state index < -0.39 is 17.3 Å². The van der Waals surface area contributed by atoms with Crippen molar-refractivity contribution in [3.63, 3.8) is 0 Å². The van der Waals surface area contributed by atoms with Gasteiger partial charge in [0.05, 0.1) is 5.56 Å². The number of benzene rings is 2. The van der Waals surface area contributed by atoms with Crippen LogP contribution in [0.25, 0.3) is 0 Å². The Morgan fingerprint density at radius 1 is 1.10 bits per heavy atom. The van der Waals surface area contributed by atoms with Crippen LogP contribution in [0.2, 0.25) is 0 Å². The first-order valence-corrected chi connectivity index (χ1v) is 5.75. The van der Waals surface area contributed by atoms with Crippen molar-refractivity contribution in [3.05, 3.63) is 52.8 Å². The number of aromatic hydroxyl groups is 2. The van der Waals surface area contributed by atoms with Gasteiger partial charge in [0.1, 0.15) is 29.2 Å². The lowest BCUT2D eigenvalue weighted by atomic mass is 10.1. The van der Waals surface area contributed by atoms with Gasteiger partial charge in [-0.15, -0.1) is 0 Å². The summed E-state index contributed by atoms with van der Waals surface area (Å²) in [4.78, 5) is 3.99. The van der Waals surface area contributed by atoms with Gasteiger partial charge in [0.15, 0.2) is 11.5 Å². The maximum absolute atomic E-state index is 12.8. The van der Waals surface area contributed by atoms with Crippen LogP contribution in [0.15, 0.2) is 35.3 Å². The van der Waals surface area contributed by atoms with Crippen molar-refractivity contribution in [2.75, 3.05) is 0 Å². The van der Waals surface area contributed by atoms with Crippen molar-refractivity contribution in [2.45, 2.75) is 0 Å². The fourth-order valence-electron chi connectivity index (χ4n) is 1.66. The Balaban J connectivity index is 2.54. The molecule has 0 bridgehead atoms. The second-order valence-electron chi connectivity index (χ2n) is 4.05. The number of rotatable bonds is 2. The molecule has 0 saturated heterocycles. The zero-order chi connectivity index (χ0) is 15.4. The van der Waals surface area contributed by atoms with E-state index in [0.29, 0.717) is 5.56 Å². The molecular formula is C15H8FN3O2. The number of hydrogen-bond donors (Lipinski definition) is 2. The maximum Gasteiger partial charge on any atom is 0.177 e. The van der Waals surface area contributed by atoms with Gasteiger partial charge in [0, 0.05) is 12.3 Å². The van der Waals surface area contributed by atoms with E-state index in [1.165, 1.54) is 30.5 Å². The molecule has 0 radical (unpaired) electrons. The Hall–Kier alpha value is -3.38. The Bertz CT molecular complexity index is 800. The van der Waals surface area contributed by atoms with Gasteiger partial charge in [-0.25, -0.2) is 4.39 Å². The Morgan fingerprint density at radius 2 is 1.76 bits per heavy atom. The Labute approximate surface area is 119 Å². The van der Waals surface area contributed by atoms with E-state index in [2.05, 4.69) is 4.99 Å². The van der Waals surface area contributed by atoms with Gasteiger partial charge < -0.3 is 10.2 Å². The van der Waals surface area contributed by atoms with Gasteiger partial charge in [-0.05, 0) is 17.7 Å². The number of aliphatic imine (C=N–C) groups is 1. The predicted octanol–water partition coefficient (Wildman–Crippen LogP) is 2.73. The quantitative estimate of drug-likeness (QED) is 0.652. The summed E-state index contributed by atoms with van der Waals surface area (Å²) in [5.74, 6) is -1.60. The summed E-state index contributed by atoms with van der Waals surface area (Å²) < 4.78 is 12.8. The molecule has 0 aliphatic heterocycles. The van der Waals surface area contributed by atoms with Crippen molar-refractivity contribution in [2.24, 2.45) is 4.99 Å². The molecule has 2 aromatic carbocycles. The summed E-state index contributed by atoms with van der Waals surface area (Å²) in [5.41, 5.74) is 0.140. The monoisotopic (exact) mass is 281 g/mol. The fourth-order valence-corrected chi connectivity index (χ4v) is 1.66. The van der Waals surface area contributed by atoms with Crippen LogP contribution in [0.3, 0.4) is 0 Å². The number of halogens is 1. The minimum Gasteiger partial charge on any atom is -0.504 e. The van der Waals surface area contributed by atoms with Crippen LogP contribution in [-0.4, -0.2) is 16.4 Å². The lowest BCUT2D eigenvalue weighted by Gasteiger charge is -2.05. The number of nitriles is 2. The maximum atomic E-state index is 12.8.